The van der Waals surface area contributed by atoms with Crippen LogP contribution >= 0.6 is 0 Å². The fourth-order valence-corrected chi connectivity index (χ4v) is 2.31. The topological polar surface area (TPSA) is 37.0 Å². The van der Waals surface area contributed by atoms with Crippen LogP contribution in [0.15, 0.2) is 72.8 Å². The molecule has 2 N–H and O–H groups in total. The maximum Gasteiger partial charge on any atom is 0.108 e. The average molecular weight is 276 g/mol. The standard InChI is InChI=1S/C18H18N3/c1-2-7-16(8-3-1)17-9-4-10-18(21-17)20-13-11-15-6-5-12-19-14-15/h1-9,12,14,17,20-21H,11,13H2. The monoisotopic (exact) mass is 276 g/mol. The van der Waals surface area contributed by atoms with Crippen molar-refractivity contribution in [3.63, 3.8) is 0 Å². The van der Waals surface area contributed by atoms with E-state index < -0.39 is 0 Å². The van der Waals surface area contributed by atoms with Crippen LogP contribution in [0.1, 0.15) is 17.2 Å². The van der Waals surface area contributed by atoms with Gasteiger partial charge in [-0.1, -0.05) is 48.6 Å². The van der Waals surface area contributed by atoms with Gasteiger partial charge in [0.25, 0.3) is 0 Å². The summed E-state index contributed by atoms with van der Waals surface area (Å²) >= 11 is 0. The van der Waals surface area contributed by atoms with Crippen molar-refractivity contribution < 1.29 is 0 Å². The first-order chi connectivity index (χ1) is 10.4. The molecule has 3 nitrogen and oxygen atoms in total. The van der Waals surface area contributed by atoms with Crippen LogP contribution in [0.4, 0.5) is 0 Å². The minimum Gasteiger partial charge on any atom is -0.371 e. The Labute approximate surface area is 125 Å². The van der Waals surface area contributed by atoms with E-state index in [0.717, 1.165) is 18.8 Å². The Bertz CT molecular complexity index is 617. The molecule has 1 radical (unpaired) electrons. The smallest absolute Gasteiger partial charge is 0.108 e. The largest absolute Gasteiger partial charge is 0.371 e. The summed E-state index contributed by atoms with van der Waals surface area (Å²) < 4.78 is 0. The Balaban J connectivity index is 1.53. The fraction of sp³-hybridized carbons (Fsp3) is 0.167. The van der Waals surface area contributed by atoms with Crippen LogP contribution in [0.2, 0.25) is 0 Å². The second-order valence-corrected chi connectivity index (χ2v) is 4.95. The molecule has 105 valence electrons. The molecule has 1 aliphatic rings. The minimum atomic E-state index is 0.202. The number of benzene rings is 1. The molecule has 2 heterocycles. The summed E-state index contributed by atoms with van der Waals surface area (Å²) in [6, 6.07) is 14.7. The van der Waals surface area contributed by atoms with Gasteiger partial charge in [-0.3, -0.25) is 4.98 Å². The van der Waals surface area contributed by atoms with Gasteiger partial charge in [0, 0.05) is 25.0 Å². The zero-order valence-electron chi connectivity index (χ0n) is 11.8. The Hall–Kier alpha value is -2.55. The van der Waals surface area contributed by atoms with Crippen molar-refractivity contribution in [1.29, 1.82) is 0 Å². The number of nitrogens with zero attached hydrogens (tertiary/aromatic N) is 1. The Kier molecular flexibility index (Phi) is 4.32. The highest BCUT2D eigenvalue weighted by Crippen LogP contribution is 2.17. The molecule has 1 unspecified atom stereocenters. The first-order valence-corrected chi connectivity index (χ1v) is 7.16. The molecule has 1 aliphatic heterocycles. The molecular formula is C18H18N3. The van der Waals surface area contributed by atoms with E-state index in [1.807, 2.05) is 24.4 Å². The number of hydrogen-bond acceptors (Lipinski definition) is 3. The molecule has 0 fully saturated rings. The molecular weight excluding hydrogens is 258 g/mol. The zero-order chi connectivity index (χ0) is 14.3. The van der Waals surface area contributed by atoms with Gasteiger partial charge in [0.15, 0.2) is 0 Å². The highest BCUT2D eigenvalue weighted by atomic mass is 15.1. The Morgan fingerprint density at radius 3 is 2.86 bits per heavy atom. The van der Waals surface area contributed by atoms with Crippen molar-refractivity contribution in [2.45, 2.75) is 12.5 Å². The third-order valence-corrected chi connectivity index (χ3v) is 3.41. The van der Waals surface area contributed by atoms with Gasteiger partial charge in [-0.2, -0.15) is 0 Å². The predicted octanol–water partition coefficient (Wildman–Crippen LogP) is 2.76. The number of hydrogen-bond donors (Lipinski definition) is 2. The van der Waals surface area contributed by atoms with E-state index in [1.54, 1.807) is 6.20 Å². The molecule has 1 aromatic heterocycles. The van der Waals surface area contributed by atoms with Crippen LogP contribution in [0.25, 0.3) is 0 Å². The van der Waals surface area contributed by atoms with Crippen molar-refractivity contribution in [2.24, 2.45) is 0 Å². The molecule has 0 aliphatic carbocycles. The van der Waals surface area contributed by atoms with E-state index in [9.17, 15) is 0 Å². The van der Waals surface area contributed by atoms with Crippen molar-refractivity contribution in [1.82, 2.24) is 15.6 Å². The SMILES string of the molecule is [C]1=C(NCCc2cccnc2)NC(c2ccccc2)C=C1. The summed E-state index contributed by atoms with van der Waals surface area (Å²) in [5, 5.41) is 6.83. The molecule has 1 atom stereocenters. The van der Waals surface area contributed by atoms with Crippen molar-refractivity contribution in [2.75, 3.05) is 6.54 Å². The first-order valence-electron chi connectivity index (χ1n) is 7.16. The molecule has 0 saturated carbocycles. The fourth-order valence-electron chi connectivity index (χ4n) is 2.31. The van der Waals surface area contributed by atoms with Crippen molar-refractivity contribution >= 4 is 0 Å². The molecule has 3 rings (SSSR count). The normalized spacial score (nSPS) is 17.0. The lowest BCUT2D eigenvalue weighted by molar-refractivity contribution is 0.620. The second kappa shape index (κ2) is 6.75. The highest BCUT2D eigenvalue weighted by Gasteiger charge is 2.11. The van der Waals surface area contributed by atoms with E-state index in [4.69, 9.17) is 0 Å². The lowest BCUT2D eigenvalue weighted by Gasteiger charge is -2.22. The highest BCUT2D eigenvalue weighted by molar-refractivity contribution is 5.27. The number of aromatic nitrogens is 1. The molecule has 0 bridgehead atoms. The van der Waals surface area contributed by atoms with Gasteiger partial charge in [-0.15, -0.1) is 0 Å². The molecule has 2 aromatic rings. The third-order valence-electron chi connectivity index (χ3n) is 3.41. The number of pyridine rings is 1. The van der Waals surface area contributed by atoms with Crippen LogP contribution in [-0.2, 0) is 6.42 Å². The molecule has 0 spiro atoms. The quantitative estimate of drug-likeness (QED) is 0.881. The van der Waals surface area contributed by atoms with E-state index in [2.05, 4.69) is 58.1 Å². The zero-order valence-corrected chi connectivity index (χ0v) is 11.8. The molecule has 21 heavy (non-hydrogen) atoms. The van der Waals surface area contributed by atoms with E-state index in [1.165, 1.54) is 11.1 Å². The second-order valence-electron chi connectivity index (χ2n) is 4.95. The first kappa shape index (κ1) is 13.4. The van der Waals surface area contributed by atoms with E-state index in [0.29, 0.717) is 0 Å². The van der Waals surface area contributed by atoms with Crippen LogP contribution in [0.5, 0.6) is 0 Å². The van der Waals surface area contributed by atoms with Crippen LogP contribution in [-0.4, -0.2) is 11.5 Å². The average Bonchev–Trinajstić information content (AvgIpc) is 2.57. The number of nitrogens with one attached hydrogen (secondary N) is 2. The third kappa shape index (κ3) is 3.72. The summed E-state index contributed by atoms with van der Waals surface area (Å²) in [5.41, 5.74) is 2.48. The summed E-state index contributed by atoms with van der Waals surface area (Å²) in [6.45, 7) is 0.858. The van der Waals surface area contributed by atoms with Gasteiger partial charge < -0.3 is 10.6 Å². The van der Waals surface area contributed by atoms with Gasteiger partial charge in [0.05, 0.1) is 6.04 Å². The van der Waals surface area contributed by atoms with Gasteiger partial charge in [0.1, 0.15) is 5.82 Å². The van der Waals surface area contributed by atoms with Crippen LogP contribution in [0, 0.1) is 6.08 Å². The van der Waals surface area contributed by atoms with Gasteiger partial charge >= 0.3 is 0 Å². The number of allylic oxidation sites excluding steroid dienone is 2. The number of rotatable bonds is 5. The predicted molar refractivity (Wildman–Crippen MR) is 84.2 cm³/mol. The Morgan fingerprint density at radius 2 is 2.05 bits per heavy atom. The summed E-state index contributed by atoms with van der Waals surface area (Å²) in [6.07, 6.45) is 11.9. The van der Waals surface area contributed by atoms with E-state index in [-0.39, 0.29) is 6.04 Å². The molecule has 1 aromatic carbocycles. The summed E-state index contributed by atoms with van der Waals surface area (Å²) in [4.78, 5) is 4.12. The summed E-state index contributed by atoms with van der Waals surface area (Å²) in [7, 11) is 0. The van der Waals surface area contributed by atoms with Crippen LogP contribution in [0.3, 0.4) is 0 Å². The van der Waals surface area contributed by atoms with E-state index >= 15 is 0 Å². The number of dihydropyridines is 1. The minimum absolute atomic E-state index is 0.202. The maximum atomic E-state index is 4.12. The van der Waals surface area contributed by atoms with Gasteiger partial charge in [0.2, 0.25) is 0 Å². The molecule has 3 heteroatoms. The van der Waals surface area contributed by atoms with Gasteiger partial charge in [-0.05, 0) is 23.6 Å². The van der Waals surface area contributed by atoms with Gasteiger partial charge in [-0.25, -0.2) is 0 Å². The maximum absolute atomic E-state index is 4.12. The molecule has 0 saturated heterocycles. The molecule has 0 amide bonds. The lowest BCUT2D eigenvalue weighted by atomic mass is 10.0. The lowest BCUT2D eigenvalue weighted by Crippen LogP contribution is -2.32. The Morgan fingerprint density at radius 1 is 1.14 bits per heavy atom. The summed E-state index contributed by atoms with van der Waals surface area (Å²) in [5.74, 6) is 0.940. The van der Waals surface area contributed by atoms with Crippen molar-refractivity contribution in [3.05, 3.63) is 90.0 Å². The van der Waals surface area contributed by atoms with Crippen LogP contribution < -0.4 is 10.6 Å². The van der Waals surface area contributed by atoms with Crippen molar-refractivity contribution in [3.8, 4) is 0 Å².